The molecule has 8 N–H and O–H groups in total. The van der Waals surface area contributed by atoms with Gasteiger partial charge in [-0.3, -0.25) is 9.59 Å². The van der Waals surface area contributed by atoms with E-state index in [4.69, 9.17) is 10.2 Å². The van der Waals surface area contributed by atoms with Crippen molar-refractivity contribution < 1.29 is 30.0 Å². The molecule has 10 heteroatoms. The molecule has 0 spiro atoms. The molecule has 0 aliphatic heterocycles. The molecule has 0 fully saturated rings. The molecular weight excluding hydrogens is 416 g/mol. The molecule has 0 bridgehead atoms. The highest BCUT2D eigenvalue weighted by atomic mass is 16.3. The van der Waals surface area contributed by atoms with E-state index in [-0.39, 0.29) is 35.7 Å². The molecule has 0 saturated carbocycles. The second kappa shape index (κ2) is 11.2. The van der Waals surface area contributed by atoms with Crippen molar-refractivity contribution in [3.63, 3.8) is 0 Å². The minimum absolute atomic E-state index is 0.0175. The minimum atomic E-state index is -1.20. The lowest BCUT2D eigenvalue weighted by Crippen LogP contribution is -2.39. The van der Waals surface area contributed by atoms with E-state index in [2.05, 4.69) is 21.3 Å². The Morgan fingerprint density at radius 3 is 1.94 bits per heavy atom. The summed E-state index contributed by atoms with van der Waals surface area (Å²) in [6.07, 6.45) is 1.24. The van der Waals surface area contributed by atoms with Gasteiger partial charge < -0.3 is 41.7 Å². The largest absolute Gasteiger partial charge is 0.507 e. The molecule has 1 aromatic carbocycles. The van der Waals surface area contributed by atoms with E-state index in [1.807, 2.05) is 0 Å². The Kier molecular flexibility index (Phi) is 8.37. The van der Waals surface area contributed by atoms with Crippen molar-refractivity contribution in [2.45, 2.75) is 6.10 Å². The highest BCUT2D eigenvalue weighted by Crippen LogP contribution is 2.43. The standard InChI is InChI=1S/C22H30N4O6/c27-11-9-23-5-7-25-13-1-2-14(26-8-6-24-10-12-28)18-17(13)21(31)19-15(29)3-4-16(30)20(19)22(18)32/h1-4,15,19,23-29,32H,5-12H2. The van der Waals surface area contributed by atoms with Crippen LogP contribution in [0.3, 0.4) is 0 Å². The van der Waals surface area contributed by atoms with Gasteiger partial charge in [-0.05, 0) is 18.2 Å². The van der Waals surface area contributed by atoms with Gasteiger partial charge in [0.1, 0.15) is 5.76 Å². The summed E-state index contributed by atoms with van der Waals surface area (Å²) in [6.45, 7) is 2.93. The maximum Gasteiger partial charge on any atom is 0.186 e. The van der Waals surface area contributed by atoms with Gasteiger partial charge in [0, 0.05) is 50.6 Å². The SMILES string of the molecule is O=C1C=CC(O)C2C(=O)c3c(NCCNCCO)ccc(NCCNCCO)c3C(O)=C12. The van der Waals surface area contributed by atoms with Gasteiger partial charge in [0.2, 0.25) is 0 Å². The molecule has 1 aromatic rings. The Labute approximate surface area is 186 Å². The quantitative estimate of drug-likeness (QED) is 0.192. The minimum Gasteiger partial charge on any atom is -0.507 e. The summed E-state index contributed by atoms with van der Waals surface area (Å²) in [5, 5.41) is 51.6. The van der Waals surface area contributed by atoms with Crippen LogP contribution in [0.5, 0.6) is 0 Å². The van der Waals surface area contributed by atoms with Crippen LogP contribution in [0.2, 0.25) is 0 Å². The van der Waals surface area contributed by atoms with Crippen molar-refractivity contribution in [2.24, 2.45) is 5.92 Å². The topological polar surface area (TPSA) is 163 Å². The lowest BCUT2D eigenvalue weighted by atomic mass is 9.73. The Balaban J connectivity index is 1.96. The van der Waals surface area contributed by atoms with Crippen LogP contribution < -0.4 is 21.3 Å². The first-order valence-corrected chi connectivity index (χ1v) is 10.7. The zero-order valence-electron chi connectivity index (χ0n) is 17.7. The lowest BCUT2D eigenvalue weighted by Gasteiger charge is -2.32. The van der Waals surface area contributed by atoms with E-state index in [0.29, 0.717) is 50.6 Å². The number of anilines is 2. The molecule has 2 aliphatic carbocycles. The van der Waals surface area contributed by atoms with Crippen LogP contribution in [0.1, 0.15) is 15.9 Å². The van der Waals surface area contributed by atoms with Gasteiger partial charge in [-0.25, -0.2) is 0 Å². The summed E-state index contributed by atoms with van der Waals surface area (Å²) >= 11 is 0. The van der Waals surface area contributed by atoms with Crippen LogP contribution in [-0.4, -0.2) is 90.6 Å². The van der Waals surface area contributed by atoms with E-state index < -0.39 is 23.6 Å². The zero-order chi connectivity index (χ0) is 23.1. The number of carbonyl (C=O) groups is 2. The fourth-order valence-electron chi connectivity index (χ4n) is 3.93. The first kappa shape index (κ1) is 23.9. The molecule has 3 rings (SSSR count). The third-order valence-electron chi connectivity index (χ3n) is 5.40. The van der Waals surface area contributed by atoms with Crippen molar-refractivity contribution >= 4 is 28.7 Å². The van der Waals surface area contributed by atoms with E-state index in [1.165, 1.54) is 12.2 Å². The maximum atomic E-state index is 13.4. The van der Waals surface area contributed by atoms with E-state index in [9.17, 15) is 19.8 Å². The summed E-state index contributed by atoms with van der Waals surface area (Å²) in [6, 6.07) is 3.44. The second-order valence-corrected chi connectivity index (χ2v) is 7.53. The fourth-order valence-corrected chi connectivity index (χ4v) is 3.93. The molecule has 32 heavy (non-hydrogen) atoms. The smallest absolute Gasteiger partial charge is 0.186 e. The van der Waals surface area contributed by atoms with Gasteiger partial charge in [-0.1, -0.05) is 6.08 Å². The number of fused-ring (bicyclic) bond motifs is 2. The maximum absolute atomic E-state index is 13.4. The van der Waals surface area contributed by atoms with Gasteiger partial charge in [0.15, 0.2) is 11.6 Å². The fraction of sp³-hybridized carbons (Fsp3) is 0.455. The zero-order valence-corrected chi connectivity index (χ0v) is 17.7. The second-order valence-electron chi connectivity index (χ2n) is 7.53. The average Bonchev–Trinajstić information content (AvgIpc) is 2.78. The first-order valence-electron chi connectivity index (χ1n) is 10.7. The molecule has 2 unspecified atom stereocenters. The number of Topliss-reactive ketones (excluding diaryl/α,β-unsaturated/α-hetero) is 1. The van der Waals surface area contributed by atoms with Crippen molar-refractivity contribution in [1.82, 2.24) is 10.6 Å². The average molecular weight is 447 g/mol. The molecular formula is C22H30N4O6. The number of rotatable bonds is 12. The van der Waals surface area contributed by atoms with Gasteiger partial charge >= 0.3 is 0 Å². The van der Waals surface area contributed by atoms with Crippen LogP contribution >= 0.6 is 0 Å². The van der Waals surface area contributed by atoms with Gasteiger partial charge in [-0.2, -0.15) is 0 Å². The number of benzene rings is 1. The highest BCUT2D eigenvalue weighted by molar-refractivity contribution is 6.22. The third kappa shape index (κ3) is 5.00. The van der Waals surface area contributed by atoms with Crippen molar-refractivity contribution in [2.75, 3.05) is 63.1 Å². The van der Waals surface area contributed by atoms with Crippen LogP contribution in [0, 0.1) is 5.92 Å². The van der Waals surface area contributed by atoms with Gasteiger partial charge in [0.25, 0.3) is 0 Å². The normalized spacial score (nSPS) is 19.7. The van der Waals surface area contributed by atoms with E-state index >= 15 is 0 Å². The molecule has 2 atom stereocenters. The summed E-state index contributed by atoms with van der Waals surface area (Å²) < 4.78 is 0. The molecule has 0 heterocycles. The number of carbonyl (C=O) groups excluding carboxylic acids is 2. The molecule has 0 amide bonds. The molecule has 2 aliphatic rings. The van der Waals surface area contributed by atoms with Gasteiger partial charge in [0.05, 0.1) is 41.9 Å². The number of ketones is 2. The van der Waals surface area contributed by atoms with Crippen molar-refractivity contribution in [1.29, 1.82) is 0 Å². The Morgan fingerprint density at radius 2 is 1.38 bits per heavy atom. The van der Waals surface area contributed by atoms with Crippen LogP contribution in [0.15, 0.2) is 29.9 Å². The number of hydrogen-bond acceptors (Lipinski definition) is 10. The number of hydrogen-bond donors (Lipinski definition) is 8. The monoisotopic (exact) mass is 446 g/mol. The number of allylic oxidation sites excluding steroid dienone is 1. The molecule has 0 saturated heterocycles. The third-order valence-corrected chi connectivity index (χ3v) is 5.40. The van der Waals surface area contributed by atoms with Crippen molar-refractivity contribution in [3.8, 4) is 0 Å². The number of aliphatic hydroxyl groups is 4. The Bertz CT molecular complexity index is 914. The summed E-state index contributed by atoms with van der Waals surface area (Å²) in [5.74, 6) is -2.41. The number of nitrogens with one attached hydrogen (secondary N) is 4. The molecule has 174 valence electrons. The lowest BCUT2D eigenvalue weighted by molar-refractivity contribution is -0.112. The predicted molar refractivity (Wildman–Crippen MR) is 121 cm³/mol. The van der Waals surface area contributed by atoms with Crippen LogP contribution in [0.4, 0.5) is 11.4 Å². The summed E-state index contributed by atoms with van der Waals surface area (Å²) in [7, 11) is 0. The Morgan fingerprint density at radius 1 is 0.812 bits per heavy atom. The van der Waals surface area contributed by atoms with Crippen LogP contribution in [0.25, 0.3) is 5.76 Å². The molecule has 0 radical (unpaired) electrons. The van der Waals surface area contributed by atoms with E-state index in [0.717, 1.165) is 0 Å². The molecule has 10 nitrogen and oxygen atoms in total. The van der Waals surface area contributed by atoms with Gasteiger partial charge in [-0.15, -0.1) is 0 Å². The Hall–Kier alpha value is -2.76. The molecule has 0 aromatic heterocycles. The van der Waals surface area contributed by atoms with E-state index in [1.54, 1.807) is 12.1 Å². The van der Waals surface area contributed by atoms with Crippen molar-refractivity contribution in [3.05, 3.63) is 41.0 Å². The summed E-state index contributed by atoms with van der Waals surface area (Å²) in [5.41, 5.74) is 1.32. The predicted octanol–water partition coefficient (Wildman–Crippen LogP) is -0.744. The first-order chi connectivity index (χ1) is 15.5. The summed E-state index contributed by atoms with van der Waals surface area (Å²) in [4.78, 5) is 25.9. The highest BCUT2D eigenvalue weighted by Gasteiger charge is 2.44. The van der Waals surface area contributed by atoms with Crippen LogP contribution in [-0.2, 0) is 4.79 Å². The number of aliphatic hydroxyl groups excluding tert-OH is 4.